The van der Waals surface area contributed by atoms with Crippen LogP contribution in [0.15, 0.2) is 0 Å². The van der Waals surface area contributed by atoms with Crippen LogP contribution in [-0.2, 0) is 13.7 Å². The van der Waals surface area contributed by atoms with Gasteiger partial charge < -0.3 is 19.4 Å². The normalized spacial score (nSPS) is 15.8. The van der Waals surface area contributed by atoms with E-state index in [2.05, 4.69) is 0 Å². The third-order valence-corrected chi connectivity index (χ3v) is 7.09. The van der Waals surface area contributed by atoms with Crippen LogP contribution >= 0.6 is 15.0 Å². The van der Waals surface area contributed by atoms with Crippen LogP contribution in [0, 0.1) is 0 Å². The average Bonchev–Trinajstić information content (AvgIpc) is 2.14. The molecule has 0 saturated heterocycles. The highest BCUT2D eigenvalue weighted by molar-refractivity contribution is 7.73. The minimum atomic E-state index is -4.31. The molecule has 8 heteroatoms. The van der Waals surface area contributed by atoms with Crippen LogP contribution in [0.3, 0.4) is 0 Å². The average molecular weight is 288 g/mol. The van der Waals surface area contributed by atoms with Crippen molar-refractivity contribution in [3.05, 3.63) is 0 Å². The smallest absolute Gasteiger partial charge is 0.335 e. The van der Waals surface area contributed by atoms with Gasteiger partial charge in [0.25, 0.3) is 0 Å². The van der Waals surface area contributed by atoms with Crippen LogP contribution in [0.25, 0.3) is 0 Å². The van der Waals surface area contributed by atoms with Crippen molar-refractivity contribution in [1.29, 1.82) is 0 Å². The predicted octanol–water partition coefficient (Wildman–Crippen LogP) is 1.99. The summed E-state index contributed by atoms with van der Waals surface area (Å²) >= 11 is 0. The van der Waals surface area contributed by atoms with Gasteiger partial charge in [0.15, 0.2) is 0 Å². The SMILES string of the molecule is CCOP(=O)(CCCCCCO)CP(=O)(O)O. The third-order valence-electron chi connectivity index (χ3n) is 2.17. The lowest BCUT2D eigenvalue weighted by molar-refractivity contribution is 0.282. The van der Waals surface area contributed by atoms with Crippen molar-refractivity contribution >= 4 is 15.0 Å². The van der Waals surface area contributed by atoms with Gasteiger partial charge in [0.2, 0.25) is 7.37 Å². The van der Waals surface area contributed by atoms with Gasteiger partial charge in [0.1, 0.15) is 5.90 Å². The molecule has 0 rings (SSSR count). The second kappa shape index (κ2) is 8.41. The summed E-state index contributed by atoms with van der Waals surface area (Å²) < 4.78 is 28.0. The number of aliphatic hydroxyl groups is 1. The molecular formula is C9H22O6P2. The Balaban J connectivity index is 4.13. The number of rotatable bonds is 10. The summed E-state index contributed by atoms with van der Waals surface area (Å²) in [4.78, 5) is 17.7. The zero-order chi connectivity index (χ0) is 13.4. The van der Waals surface area contributed by atoms with E-state index in [-0.39, 0.29) is 19.4 Å². The summed E-state index contributed by atoms with van der Waals surface area (Å²) in [6, 6.07) is 0. The molecule has 0 radical (unpaired) electrons. The molecule has 0 aromatic rings. The van der Waals surface area contributed by atoms with Gasteiger partial charge in [-0.2, -0.15) is 0 Å². The lowest BCUT2D eigenvalue weighted by Crippen LogP contribution is -2.01. The van der Waals surface area contributed by atoms with Crippen molar-refractivity contribution in [2.45, 2.75) is 32.6 Å². The highest BCUT2D eigenvalue weighted by Gasteiger charge is 2.31. The number of hydrogen-bond donors (Lipinski definition) is 3. The Morgan fingerprint density at radius 2 is 1.65 bits per heavy atom. The molecule has 104 valence electrons. The van der Waals surface area contributed by atoms with Crippen molar-refractivity contribution in [3.8, 4) is 0 Å². The van der Waals surface area contributed by atoms with E-state index in [1.165, 1.54) is 0 Å². The summed E-state index contributed by atoms with van der Waals surface area (Å²) in [6.45, 7) is 1.97. The Morgan fingerprint density at radius 1 is 1.06 bits per heavy atom. The van der Waals surface area contributed by atoms with Gasteiger partial charge in [0, 0.05) is 12.8 Å². The van der Waals surface area contributed by atoms with E-state index >= 15 is 0 Å². The van der Waals surface area contributed by atoms with E-state index < -0.39 is 20.9 Å². The minimum absolute atomic E-state index is 0.131. The maximum atomic E-state index is 12.1. The fourth-order valence-corrected chi connectivity index (χ4v) is 5.95. The molecule has 1 atom stereocenters. The molecule has 0 spiro atoms. The first-order valence-corrected chi connectivity index (χ1v) is 9.50. The van der Waals surface area contributed by atoms with Crippen LogP contribution in [0.5, 0.6) is 0 Å². The quantitative estimate of drug-likeness (QED) is 0.419. The zero-order valence-corrected chi connectivity index (χ0v) is 11.9. The molecule has 0 bridgehead atoms. The van der Waals surface area contributed by atoms with Crippen molar-refractivity contribution in [3.63, 3.8) is 0 Å². The number of hydrogen-bond acceptors (Lipinski definition) is 4. The van der Waals surface area contributed by atoms with E-state index in [9.17, 15) is 9.13 Å². The number of aliphatic hydroxyl groups excluding tert-OH is 1. The third kappa shape index (κ3) is 9.95. The van der Waals surface area contributed by atoms with E-state index in [0.29, 0.717) is 12.8 Å². The van der Waals surface area contributed by atoms with Gasteiger partial charge in [-0.3, -0.25) is 9.13 Å². The maximum absolute atomic E-state index is 12.1. The second-order valence-electron chi connectivity index (χ2n) is 3.90. The monoisotopic (exact) mass is 288 g/mol. The summed E-state index contributed by atoms with van der Waals surface area (Å²) in [7, 11) is -7.52. The van der Waals surface area contributed by atoms with Crippen LogP contribution in [0.2, 0.25) is 0 Å². The lowest BCUT2D eigenvalue weighted by atomic mass is 10.2. The van der Waals surface area contributed by atoms with E-state index in [4.69, 9.17) is 19.4 Å². The molecule has 0 aliphatic carbocycles. The van der Waals surface area contributed by atoms with Crippen LogP contribution in [0.4, 0.5) is 0 Å². The second-order valence-corrected chi connectivity index (χ2v) is 8.70. The van der Waals surface area contributed by atoms with Gasteiger partial charge >= 0.3 is 7.60 Å². The highest BCUT2D eigenvalue weighted by atomic mass is 31.2. The van der Waals surface area contributed by atoms with E-state index in [1.807, 2.05) is 0 Å². The molecule has 17 heavy (non-hydrogen) atoms. The predicted molar refractivity (Wildman–Crippen MR) is 66.6 cm³/mol. The Labute approximate surface area is 102 Å². The largest absolute Gasteiger partial charge is 0.396 e. The molecule has 0 fully saturated rings. The molecule has 0 aliphatic rings. The molecule has 0 amide bonds. The molecule has 0 heterocycles. The van der Waals surface area contributed by atoms with E-state index in [1.54, 1.807) is 6.92 Å². The topological polar surface area (TPSA) is 104 Å². The first kappa shape index (κ1) is 17.3. The van der Waals surface area contributed by atoms with Crippen molar-refractivity contribution < 1.29 is 28.5 Å². The summed E-state index contributed by atoms with van der Waals surface area (Å²) in [5, 5.41) is 8.58. The maximum Gasteiger partial charge on any atom is 0.335 e. The molecule has 1 unspecified atom stereocenters. The molecular weight excluding hydrogens is 266 g/mol. The van der Waals surface area contributed by atoms with Gasteiger partial charge in [-0.1, -0.05) is 12.8 Å². The molecule has 0 aromatic carbocycles. The van der Waals surface area contributed by atoms with Gasteiger partial charge in [0.05, 0.1) is 6.61 Å². The molecule has 3 N–H and O–H groups in total. The van der Waals surface area contributed by atoms with Gasteiger partial charge in [-0.25, -0.2) is 0 Å². The van der Waals surface area contributed by atoms with Crippen molar-refractivity contribution in [2.24, 2.45) is 0 Å². The fraction of sp³-hybridized carbons (Fsp3) is 1.00. The Kier molecular flexibility index (Phi) is 8.56. The van der Waals surface area contributed by atoms with Gasteiger partial charge in [-0.15, -0.1) is 0 Å². The highest BCUT2D eigenvalue weighted by Crippen LogP contribution is 2.58. The van der Waals surface area contributed by atoms with Gasteiger partial charge in [-0.05, 0) is 19.8 Å². The van der Waals surface area contributed by atoms with Crippen LogP contribution < -0.4 is 0 Å². The molecule has 0 aromatic heterocycles. The standard InChI is InChI=1S/C9H22O6P2/c1-2-15-16(11,9-17(12,13)14)8-6-4-3-5-7-10/h10H,2-9H2,1H3,(H2,12,13,14). The molecule has 0 saturated carbocycles. The van der Waals surface area contributed by atoms with Crippen LogP contribution in [0.1, 0.15) is 32.6 Å². The minimum Gasteiger partial charge on any atom is -0.396 e. The Hall–Kier alpha value is 0.300. The Bertz CT molecular complexity index is 287. The summed E-state index contributed by atoms with van der Waals surface area (Å²) in [5.74, 6) is -0.673. The Morgan fingerprint density at radius 3 is 2.12 bits per heavy atom. The van der Waals surface area contributed by atoms with E-state index in [0.717, 1.165) is 12.8 Å². The number of unbranched alkanes of at least 4 members (excludes halogenated alkanes) is 3. The first-order valence-electron chi connectivity index (χ1n) is 5.71. The zero-order valence-electron chi connectivity index (χ0n) is 10.1. The first-order chi connectivity index (χ1) is 7.83. The van der Waals surface area contributed by atoms with Crippen molar-refractivity contribution in [2.75, 3.05) is 25.3 Å². The lowest BCUT2D eigenvalue weighted by Gasteiger charge is -2.18. The molecule has 6 nitrogen and oxygen atoms in total. The summed E-state index contributed by atoms with van der Waals surface area (Å²) in [6.07, 6.45) is 3.07. The van der Waals surface area contributed by atoms with Crippen LogP contribution in [-0.4, -0.2) is 40.2 Å². The van der Waals surface area contributed by atoms with Crippen molar-refractivity contribution in [1.82, 2.24) is 0 Å². The fourth-order valence-electron chi connectivity index (χ4n) is 1.51. The summed E-state index contributed by atoms with van der Waals surface area (Å²) in [5.41, 5.74) is 0. The molecule has 0 aliphatic heterocycles.